The van der Waals surface area contributed by atoms with Crippen molar-refractivity contribution < 1.29 is 14.2 Å². The molecule has 1 aromatic heterocycles. The van der Waals surface area contributed by atoms with Crippen molar-refractivity contribution in [2.75, 3.05) is 27.4 Å². The lowest BCUT2D eigenvalue weighted by atomic mass is 10.0. The predicted molar refractivity (Wildman–Crippen MR) is 124 cm³/mol. The number of aromatic amines is 1. The summed E-state index contributed by atoms with van der Waals surface area (Å²) in [5.41, 5.74) is 5.60. The van der Waals surface area contributed by atoms with E-state index in [9.17, 15) is 0 Å². The molecule has 0 amide bonds. The molecule has 1 atom stereocenters. The highest BCUT2D eigenvalue weighted by Gasteiger charge is 2.17. The molecule has 4 rings (SSSR count). The number of aromatic nitrogens is 1. The van der Waals surface area contributed by atoms with Crippen molar-refractivity contribution >= 4 is 6.08 Å². The number of hydrogen-bond donors (Lipinski definition) is 1. The molecule has 31 heavy (non-hydrogen) atoms. The highest BCUT2D eigenvalue weighted by Crippen LogP contribution is 2.25. The number of rotatable bonds is 7. The van der Waals surface area contributed by atoms with Crippen molar-refractivity contribution in [2.45, 2.75) is 33.0 Å². The van der Waals surface area contributed by atoms with Gasteiger partial charge in [-0.15, -0.1) is 0 Å². The van der Waals surface area contributed by atoms with Gasteiger partial charge in [-0.25, -0.2) is 0 Å². The van der Waals surface area contributed by atoms with Crippen LogP contribution in [0.15, 0.2) is 59.7 Å². The average molecular weight is 421 g/mol. The molecule has 0 aliphatic carbocycles. The maximum absolute atomic E-state index is 5.91. The van der Waals surface area contributed by atoms with Gasteiger partial charge >= 0.3 is 0 Å². The predicted octanol–water partition coefficient (Wildman–Crippen LogP) is 4.09. The molecule has 0 bridgehead atoms. The van der Waals surface area contributed by atoms with Crippen molar-refractivity contribution in [2.24, 2.45) is 4.99 Å². The van der Waals surface area contributed by atoms with Gasteiger partial charge in [-0.1, -0.05) is 48.0 Å². The third-order valence-corrected chi connectivity index (χ3v) is 5.19. The highest BCUT2D eigenvalue weighted by molar-refractivity contribution is 5.38. The fourth-order valence-electron chi connectivity index (χ4n) is 3.42. The highest BCUT2D eigenvalue weighted by atomic mass is 16.5. The Morgan fingerprint density at radius 2 is 1.74 bits per heavy atom. The Labute approximate surface area is 184 Å². The van der Waals surface area contributed by atoms with Crippen LogP contribution < -0.4 is 15.4 Å². The number of nitrogens with one attached hydrogen (secondary N) is 1. The zero-order valence-corrected chi connectivity index (χ0v) is 18.9. The van der Waals surface area contributed by atoms with Crippen molar-refractivity contribution in [3.05, 3.63) is 87.7 Å². The van der Waals surface area contributed by atoms with E-state index in [-0.39, 0.29) is 6.10 Å². The normalized spacial score (nSPS) is 13.2. The number of hydrogen-bond acceptors (Lipinski definition) is 4. The Morgan fingerprint density at radius 1 is 1.03 bits per heavy atom. The van der Waals surface area contributed by atoms with Crippen LogP contribution in [-0.2, 0) is 16.1 Å². The van der Waals surface area contributed by atoms with Gasteiger partial charge in [0.05, 0.1) is 0 Å². The van der Waals surface area contributed by atoms with E-state index in [1.165, 1.54) is 5.56 Å². The summed E-state index contributed by atoms with van der Waals surface area (Å²) in [5, 5.41) is 1.16. The summed E-state index contributed by atoms with van der Waals surface area (Å²) in [4.78, 5) is 7.80. The van der Waals surface area contributed by atoms with E-state index in [1.807, 2.05) is 25.3 Å². The van der Waals surface area contributed by atoms with Crippen LogP contribution in [0.3, 0.4) is 0 Å². The van der Waals surface area contributed by atoms with E-state index in [1.54, 1.807) is 14.2 Å². The van der Waals surface area contributed by atoms with Gasteiger partial charge in [0.2, 0.25) is 0 Å². The molecule has 1 aliphatic heterocycles. The number of aryl methyl sites for hydroxylation is 1. The van der Waals surface area contributed by atoms with Crippen LogP contribution in [0, 0.1) is 6.92 Å². The Kier molecular flexibility index (Phi) is 8.44. The summed E-state index contributed by atoms with van der Waals surface area (Å²) in [6.07, 6.45) is 5.09. The summed E-state index contributed by atoms with van der Waals surface area (Å²) in [7, 11) is 3.42. The minimum absolute atomic E-state index is 0.124. The molecule has 1 N–H and O–H groups in total. The second kappa shape index (κ2) is 11.5. The fourth-order valence-corrected chi connectivity index (χ4v) is 3.42. The zero-order valence-electron chi connectivity index (χ0n) is 18.9. The first-order chi connectivity index (χ1) is 15.2. The average Bonchev–Trinajstić information content (AvgIpc) is 3.24. The molecule has 164 valence electrons. The summed E-state index contributed by atoms with van der Waals surface area (Å²) in [6.45, 7) is 6.27. The molecule has 2 heterocycles. The number of benzene rings is 2. The molecule has 0 spiro atoms. The Morgan fingerprint density at radius 3 is 2.39 bits per heavy atom. The van der Waals surface area contributed by atoms with Crippen LogP contribution in [-0.4, -0.2) is 32.4 Å². The van der Waals surface area contributed by atoms with Crippen LogP contribution in [0.25, 0.3) is 6.08 Å². The monoisotopic (exact) mass is 420 g/mol. The lowest BCUT2D eigenvalue weighted by Crippen LogP contribution is -2.30. The Hall–Kier alpha value is -2.89. The van der Waals surface area contributed by atoms with E-state index in [0.29, 0.717) is 6.61 Å². The van der Waals surface area contributed by atoms with Gasteiger partial charge in [0.15, 0.2) is 0 Å². The topological polar surface area (TPSA) is 55.8 Å². The van der Waals surface area contributed by atoms with Gasteiger partial charge in [0.25, 0.3) is 0 Å². The van der Waals surface area contributed by atoms with Crippen molar-refractivity contribution in [1.82, 2.24) is 4.98 Å². The van der Waals surface area contributed by atoms with Crippen LogP contribution in [0.4, 0.5) is 0 Å². The van der Waals surface area contributed by atoms with Gasteiger partial charge in [-0.05, 0) is 43.5 Å². The molecule has 1 aliphatic rings. The zero-order chi connectivity index (χ0) is 22.1. The first kappa shape index (κ1) is 22.8. The first-order valence-corrected chi connectivity index (χ1v) is 10.7. The number of nitrogens with zero attached hydrogens (tertiary/aromatic N) is 1. The van der Waals surface area contributed by atoms with Gasteiger partial charge < -0.3 is 19.2 Å². The molecule has 2 aromatic carbocycles. The Balaban J connectivity index is 0.000000628. The van der Waals surface area contributed by atoms with Gasteiger partial charge in [-0.2, -0.15) is 0 Å². The smallest absolute Gasteiger partial charge is 0.132 e. The van der Waals surface area contributed by atoms with Gasteiger partial charge in [0, 0.05) is 44.4 Å². The second-order valence-electron chi connectivity index (χ2n) is 7.42. The fraction of sp³-hybridized carbons (Fsp3) is 0.346. The minimum atomic E-state index is -0.124. The molecule has 0 fully saturated rings. The molecule has 5 heteroatoms. The van der Waals surface area contributed by atoms with Crippen LogP contribution in [0.2, 0.25) is 0 Å². The molecular formula is C26H32N2O3. The van der Waals surface area contributed by atoms with Crippen LogP contribution >= 0.6 is 0 Å². The number of methoxy groups -OCH3 is 2. The van der Waals surface area contributed by atoms with Crippen molar-refractivity contribution in [1.29, 1.82) is 0 Å². The summed E-state index contributed by atoms with van der Waals surface area (Å²) < 4.78 is 16.3. The third-order valence-electron chi connectivity index (χ3n) is 5.19. The second-order valence-corrected chi connectivity index (χ2v) is 7.42. The summed E-state index contributed by atoms with van der Waals surface area (Å²) in [5.74, 6) is 0.854. The summed E-state index contributed by atoms with van der Waals surface area (Å²) >= 11 is 0. The van der Waals surface area contributed by atoms with Crippen molar-refractivity contribution in [3.63, 3.8) is 0 Å². The summed E-state index contributed by atoms with van der Waals surface area (Å²) in [6, 6.07) is 16.5. The van der Waals surface area contributed by atoms with Crippen LogP contribution in [0.1, 0.15) is 41.7 Å². The molecule has 0 radical (unpaired) electrons. The maximum Gasteiger partial charge on any atom is 0.132 e. The first-order valence-electron chi connectivity index (χ1n) is 10.7. The minimum Gasteiger partial charge on any atom is -0.489 e. The van der Waals surface area contributed by atoms with Gasteiger partial charge in [0.1, 0.15) is 23.9 Å². The molecule has 0 saturated carbocycles. The standard InChI is InChI=1S/C23H24N2O2.C3H8O/c1-16-5-7-17(8-6-16)15-27-19-11-9-18(10-12-19)22(26-2)21-14-25-23-20(21)4-3-13-24-23;1-3-4-2/h4-12,14,22H,3,13,15H2,1-2H3,(H,24,25);3H2,1-2H3. The maximum atomic E-state index is 5.91. The largest absolute Gasteiger partial charge is 0.489 e. The van der Waals surface area contributed by atoms with E-state index in [2.05, 4.69) is 64.1 Å². The molecule has 5 nitrogen and oxygen atoms in total. The third kappa shape index (κ3) is 6.06. The lowest BCUT2D eigenvalue weighted by Gasteiger charge is -2.16. The van der Waals surface area contributed by atoms with Gasteiger partial charge in [-0.3, -0.25) is 4.99 Å². The SMILES string of the molecule is CCOC.COC(c1ccc(OCc2ccc(C)cc2)cc1)c1c[nH]c2c1=CCCN=2. The number of ether oxygens (including phenoxy) is 3. The van der Waals surface area contributed by atoms with E-state index < -0.39 is 0 Å². The molecular weight excluding hydrogens is 388 g/mol. The number of H-pyrrole nitrogens is 1. The quantitative estimate of drug-likeness (QED) is 0.626. The van der Waals surface area contributed by atoms with Crippen LogP contribution in [0.5, 0.6) is 5.75 Å². The van der Waals surface area contributed by atoms with Crippen molar-refractivity contribution in [3.8, 4) is 5.75 Å². The Bertz CT molecular complexity index is 1050. The molecule has 1 unspecified atom stereocenters. The molecule has 0 saturated heterocycles. The number of fused-ring (bicyclic) bond motifs is 1. The van der Waals surface area contributed by atoms with E-state index >= 15 is 0 Å². The molecule has 3 aromatic rings. The van der Waals surface area contributed by atoms with E-state index in [0.717, 1.165) is 52.7 Å². The lowest BCUT2D eigenvalue weighted by molar-refractivity contribution is 0.136. The van der Waals surface area contributed by atoms with E-state index in [4.69, 9.17) is 9.47 Å².